The van der Waals surface area contributed by atoms with Gasteiger partial charge in [-0.3, -0.25) is 19.1 Å². The van der Waals surface area contributed by atoms with Crippen LogP contribution in [-0.4, -0.2) is 54.0 Å². The number of hydrogen-bond donors (Lipinski definition) is 1. The van der Waals surface area contributed by atoms with Crippen LogP contribution in [0.25, 0.3) is 16.8 Å². The molecule has 1 saturated heterocycles. The van der Waals surface area contributed by atoms with Crippen molar-refractivity contribution in [3.8, 4) is 22.6 Å². The van der Waals surface area contributed by atoms with E-state index in [-0.39, 0.29) is 24.1 Å². The molecule has 2 heterocycles. The largest absolute Gasteiger partial charge is 0.490 e. The zero-order valence-corrected chi connectivity index (χ0v) is 29.8. The first kappa shape index (κ1) is 36.0. The van der Waals surface area contributed by atoms with Crippen LogP contribution in [0.15, 0.2) is 82.6 Å². The van der Waals surface area contributed by atoms with Crippen molar-refractivity contribution in [1.29, 1.82) is 0 Å². The number of aliphatic imine (C=N–C) groups is 1. The molecular weight excluding hydrogens is 644 g/mol. The first-order chi connectivity index (χ1) is 25.0. The van der Waals surface area contributed by atoms with Gasteiger partial charge in [-0.25, -0.2) is 10.5 Å². The molecule has 1 aromatic heterocycles. The molecule has 0 bridgehead atoms. The van der Waals surface area contributed by atoms with Crippen LogP contribution in [0.4, 0.5) is 0 Å². The highest BCUT2D eigenvalue weighted by Crippen LogP contribution is 2.29. The Morgan fingerprint density at radius 1 is 0.980 bits per heavy atom. The molecule has 10 heteroatoms. The predicted molar refractivity (Wildman–Crippen MR) is 197 cm³/mol. The van der Waals surface area contributed by atoms with E-state index in [4.69, 9.17) is 24.0 Å². The summed E-state index contributed by atoms with van der Waals surface area (Å²) in [6.07, 6.45) is 9.50. The monoisotopic (exact) mass is 692 g/mol. The molecule has 268 valence electrons. The first-order valence-electron chi connectivity index (χ1n) is 18.1. The van der Waals surface area contributed by atoms with Crippen molar-refractivity contribution in [3.63, 3.8) is 0 Å². The summed E-state index contributed by atoms with van der Waals surface area (Å²) < 4.78 is 20.0. The smallest absolute Gasteiger partial charge is 0.320 e. The molecule has 1 N–H and O–H groups in total. The maximum Gasteiger partial charge on any atom is 0.320 e. The molecule has 1 aliphatic carbocycles. The third-order valence-electron chi connectivity index (χ3n) is 9.67. The summed E-state index contributed by atoms with van der Waals surface area (Å²) in [6, 6.07) is 23.7. The summed E-state index contributed by atoms with van der Waals surface area (Å²) in [6.45, 7) is 5.12. The highest BCUT2D eigenvalue weighted by Gasteiger charge is 2.27. The molecule has 1 atom stereocenters. The number of aromatic nitrogens is 2. The minimum Gasteiger partial charge on any atom is -0.490 e. The second kappa shape index (κ2) is 17.4. The Bertz CT molecular complexity index is 1840. The van der Waals surface area contributed by atoms with Crippen molar-refractivity contribution in [3.05, 3.63) is 111 Å². The van der Waals surface area contributed by atoms with Crippen LogP contribution in [0.3, 0.4) is 0 Å². The second-order valence-electron chi connectivity index (χ2n) is 13.2. The minimum absolute atomic E-state index is 0.0503. The molecule has 4 aromatic rings. The summed E-state index contributed by atoms with van der Waals surface area (Å²) in [5.41, 5.74) is 8.53. The molecular formula is C41H48N4O6. The molecule has 0 radical (unpaired) electrons. The summed E-state index contributed by atoms with van der Waals surface area (Å²) >= 11 is 0. The minimum atomic E-state index is -0.0561. The van der Waals surface area contributed by atoms with E-state index in [9.17, 15) is 9.59 Å². The molecule has 51 heavy (non-hydrogen) atoms. The van der Waals surface area contributed by atoms with Gasteiger partial charge in [-0.05, 0) is 99.2 Å². The number of hydroxylamine groups is 1. The standard InChI is InChI=1S/C41H48N4O6/c1-4-9-38-37(26-29-13-15-30(16-14-29)35-10-5-6-11-36(35)40(42-3)44-49-27-46)41(47)45(28(2)43-38)31-17-19-32(20-18-31)50-33-21-23-34(24-22-33)51-39-12-7-8-25-48-39/h5-6,10-11,13-20,27,33-34,39H,4,7-9,12,21-26H2,1-3H3,(H,42,44). The van der Waals surface area contributed by atoms with Crippen molar-refractivity contribution in [1.82, 2.24) is 15.0 Å². The number of ether oxygens (including phenoxy) is 3. The summed E-state index contributed by atoms with van der Waals surface area (Å²) in [5, 5.41) is 0. The van der Waals surface area contributed by atoms with E-state index in [1.54, 1.807) is 11.6 Å². The number of amidine groups is 1. The van der Waals surface area contributed by atoms with E-state index >= 15 is 0 Å². The zero-order valence-electron chi connectivity index (χ0n) is 29.8. The van der Waals surface area contributed by atoms with Gasteiger partial charge in [0.25, 0.3) is 5.56 Å². The van der Waals surface area contributed by atoms with Gasteiger partial charge >= 0.3 is 6.47 Å². The predicted octanol–water partition coefficient (Wildman–Crippen LogP) is 7.04. The molecule has 0 amide bonds. The van der Waals surface area contributed by atoms with Crippen LogP contribution in [0.5, 0.6) is 5.75 Å². The number of hydrogen-bond acceptors (Lipinski definition) is 8. The fraction of sp³-hybridized carbons (Fsp3) is 0.415. The number of nitrogens with one attached hydrogen (secondary N) is 1. The quantitative estimate of drug-likeness (QED) is 0.0688. The fourth-order valence-corrected chi connectivity index (χ4v) is 7.08. The van der Waals surface area contributed by atoms with E-state index in [0.29, 0.717) is 30.1 Å². The highest BCUT2D eigenvalue weighted by molar-refractivity contribution is 6.04. The Morgan fingerprint density at radius 2 is 1.73 bits per heavy atom. The lowest BCUT2D eigenvalue weighted by molar-refractivity contribution is -0.195. The zero-order chi connectivity index (χ0) is 35.6. The van der Waals surface area contributed by atoms with Crippen molar-refractivity contribution in [2.45, 2.75) is 96.6 Å². The average molecular weight is 693 g/mol. The Hall–Kier alpha value is -4.80. The molecule has 2 aliphatic rings. The van der Waals surface area contributed by atoms with Gasteiger partial charge in [0, 0.05) is 31.2 Å². The number of rotatable bonds is 13. The lowest BCUT2D eigenvalue weighted by Crippen LogP contribution is -2.33. The lowest BCUT2D eigenvalue weighted by atomic mass is 9.94. The second-order valence-corrected chi connectivity index (χ2v) is 13.2. The van der Waals surface area contributed by atoms with E-state index < -0.39 is 0 Å². The normalized spacial score (nSPS) is 19.4. The molecule has 1 unspecified atom stereocenters. The van der Waals surface area contributed by atoms with Gasteiger partial charge in [0.2, 0.25) is 0 Å². The van der Waals surface area contributed by atoms with Gasteiger partial charge < -0.3 is 19.0 Å². The molecule has 1 saturated carbocycles. The molecule has 0 spiro atoms. The maximum absolute atomic E-state index is 14.2. The highest BCUT2D eigenvalue weighted by atomic mass is 16.7. The summed E-state index contributed by atoms with van der Waals surface area (Å²) in [7, 11) is 1.63. The van der Waals surface area contributed by atoms with Crippen LogP contribution in [-0.2, 0) is 31.9 Å². The third kappa shape index (κ3) is 8.93. The van der Waals surface area contributed by atoms with Gasteiger partial charge in [-0.2, -0.15) is 0 Å². The van der Waals surface area contributed by atoms with Gasteiger partial charge in [0.1, 0.15) is 11.6 Å². The molecule has 6 rings (SSSR count). The number of benzene rings is 3. The fourth-order valence-electron chi connectivity index (χ4n) is 7.08. The molecule has 10 nitrogen and oxygen atoms in total. The molecule has 3 aromatic carbocycles. The van der Waals surface area contributed by atoms with Crippen LogP contribution < -0.4 is 15.8 Å². The van der Waals surface area contributed by atoms with E-state index in [1.165, 1.54) is 6.42 Å². The Morgan fingerprint density at radius 3 is 2.41 bits per heavy atom. The van der Waals surface area contributed by atoms with Gasteiger partial charge in [0.15, 0.2) is 12.1 Å². The summed E-state index contributed by atoms with van der Waals surface area (Å²) in [4.78, 5) is 38.9. The van der Waals surface area contributed by atoms with E-state index in [1.807, 2.05) is 79.7 Å². The Balaban J connectivity index is 1.16. The Labute approximate surface area is 299 Å². The topological polar surface area (TPSA) is 113 Å². The van der Waals surface area contributed by atoms with Gasteiger partial charge in [0.05, 0.1) is 23.6 Å². The van der Waals surface area contributed by atoms with Crippen LogP contribution in [0.1, 0.15) is 86.5 Å². The van der Waals surface area contributed by atoms with Crippen LogP contribution in [0, 0.1) is 6.92 Å². The van der Waals surface area contributed by atoms with Crippen molar-refractivity contribution >= 4 is 12.3 Å². The summed E-state index contributed by atoms with van der Waals surface area (Å²) in [5.74, 6) is 1.90. The Kier molecular flexibility index (Phi) is 12.3. The number of carbonyl (C=O) groups is 1. The van der Waals surface area contributed by atoms with E-state index in [0.717, 1.165) is 97.4 Å². The third-order valence-corrected chi connectivity index (χ3v) is 9.67. The molecule has 2 fully saturated rings. The van der Waals surface area contributed by atoms with Crippen LogP contribution in [0.2, 0.25) is 0 Å². The number of aryl methyl sites for hydroxylation is 2. The number of carbonyl (C=O) groups excluding carboxylic acids is 1. The van der Waals surface area contributed by atoms with Gasteiger partial charge in [-0.1, -0.05) is 61.9 Å². The van der Waals surface area contributed by atoms with Crippen molar-refractivity contribution in [2.75, 3.05) is 13.7 Å². The van der Waals surface area contributed by atoms with Crippen molar-refractivity contribution in [2.24, 2.45) is 4.99 Å². The van der Waals surface area contributed by atoms with Crippen LogP contribution >= 0.6 is 0 Å². The molecule has 1 aliphatic heterocycles. The van der Waals surface area contributed by atoms with Gasteiger partial charge in [-0.15, -0.1) is 0 Å². The van der Waals surface area contributed by atoms with Crippen molar-refractivity contribution < 1.29 is 23.8 Å². The average Bonchev–Trinajstić information content (AvgIpc) is 3.16. The number of nitrogens with zero attached hydrogens (tertiary/aromatic N) is 3. The lowest BCUT2D eigenvalue weighted by Gasteiger charge is -2.32. The first-order valence-corrected chi connectivity index (χ1v) is 18.1. The maximum atomic E-state index is 14.2. The SMILES string of the molecule is CCCc1nc(C)n(-c2ccc(OC3CCC(OC4CCCCO4)CC3)cc2)c(=O)c1Cc1ccc(-c2ccccc2C(=NC)NOC=O)cc1. The van der Waals surface area contributed by atoms with E-state index in [2.05, 4.69) is 17.4 Å².